The number of aromatic nitrogens is 6. The third kappa shape index (κ3) is 5.25. The highest BCUT2D eigenvalue weighted by atomic mass is 16.3. The number of aromatic hydroxyl groups is 1. The van der Waals surface area contributed by atoms with Crippen molar-refractivity contribution < 1.29 is 10.2 Å². The molecule has 3 saturated carbocycles. The maximum atomic E-state index is 11.4. The maximum absolute atomic E-state index is 11.4. The second-order valence-electron chi connectivity index (χ2n) is 12.3. The first kappa shape index (κ1) is 27.5. The lowest BCUT2D eigenvalue weighted by Crippen LogP contribution is -2.62. The molecule has 3 fully saturated rings. The van der Waals surface area contributed by atoms with Gasteiger partial charge in [-0.2, -0.15) is 15.4 Å². The first-order chi connectivity index (χ1) is 20.9. The summed E-state index contributed by atoms with van der Waals surface area (Å²) < 4.78 is 1.95. The Morgan fingerprint density at radius 2 is 1.86 bits per heavy atom. The van der Waals surface area contributed by atoms with Crippen molar-refractivity contribution in [3.63, 3.8) is 0 Å². The fraction of sp³-hybridized carbons (Fsp3) is 0.394. The smallest absolute Gasteiger partial charge is 0.203 e. The molecule has 3 aliphatic carbocycles. The van der Waals surface area contributed by atoms with Gasteiger partial charge in [-0.15, -0.1) is 5.10 Å². The van der Waals surface area contributed by atoms with Gasteiger partial charge < -0.3 is 21.3 Å². The van der Waals surface area contributed by atoms with Crippen molar-refractivity contribution in [1.82, 2.24) is 35.5 Å². The Kier molecular flexibility index (Phi) is 7.10. The molecule has 3 aliphatic rings. The monoisotopic (exact) mass is 578 g/mol. The van der Waals surface area contributed by atoms with Gasteiger partial charge in [0.05, 0.1) is 11.8 Å². The highest BCUT2D eigenvalue weighted by molar-refractivity contribution is 5.77. The van der Waals surface area contributed by atoms with Gasteiger partial charge in [0.25, 0.3) is 0 Å². The van der Waals surface area contributed by atoms with Crippen LogP contribution in [-0.2, 0) is 18.4 Å². The number of nitrogens with zero attached hydrogens (tertiary/aromatic N) is 5. The number of H-pyrrole nitrogens is 1. The molecular formula is C33H38N8O2. The predicted molar refractivity (Wildman–Crippen MR) is 165 cm³/mol. The van der Waals surface area contributed by atoms with E-state index in [2.05, 4.69) is 56.0 Å². The molecule has 8 rings (SSSR count). The zero-order valence-electron chi connectivity index (χ0n) is 24.2. The number of nitrogens with two attached hydrogens (primary N) is 1. The summed E-state index contributed by atoms with van der Waals surface area (Å²) in [6, 6.07) is 21.8. The number of aryl methyl sites for hydroxylation is 2. The van der Waals surface area contributed by atoms with Crippen LogP contribution in [0.5, 0.6) is 5.75 Å². The maximum Gasteiger partial charge on any atom is 0.203 e. The van der Waals surface area contributed by atoms with E-state index in [0.717, 1.165) is 68.3 Å². The van der Waals surface area contributed by atoms with E-state index in [1.165, 1.54) is 5.56 Å². The fourth-order valence-corrected chi connectivity index (χ4v) is 7.51. The molecule has 5 aromatic rings. The van der Waals surface area contributed by atoms with Crippen LogP contribution in [0.1, 0.15) is 66.8 Å². The molecule has 2 bridgehead atoms. The normalized spacial score (nSPS) is 24.0. The van der Waals surface area contributed by atoms with Gasteiger partial charge in [-0.25, -0.2) is 4.98 Å². The van der Waals surface area contributed by atoms with E-state index in [1.54, 1.807) is 12.1 Å². The van der Waals surface area contributed by atoms with Crippen molar-refractivity contribution in [2.24, 2.45) is 0 Å². The van der Waals surface area contributed by atoms with Crippen LogP contribution >= 0.6 is 0 Å². The van der Waals surface area contributed by atoms with E-state index in [0.29, 0.717) is 23.5 Å². The van der Waals surface area contributed by atoms with Crippen LogP contribution < -0.4 is 11.1 Å². The quantitative estimate of drug-likeness (QED) is 0.165. The minimum Gasteiger partial charge on any atom is -0.508 e. The summed E-state index contributed by atoms with van der Waals surface area (Å²) in [6.07, 6.45) is 7.99. The van der Waals surface area contributed by atoms with Gasteiger partial charge >= 0.3 is 0 Å². The molecule has 10 heteroatoms. The molecule has 6 N–H and O–H groups in total. The minimum atomic E-state index is -0.363. The first-order valence-electron chi connectivity index (χ1n) is 15.2. The Morgan fingerprint density at radius 1 is 1.02 bits per heavy atom. The average molecular weight is 579 g/mol. The van der Waals surface area contributed by atoms with Crippen molar-refractivity contribution in [2.45, 2.75) is 74.5 Å². The molecule has 10 nitrogen and oxygen atoms in total. The van der Waals surface area contributed by atoms with E-state index in [4.69, 9.17) is 10.8 Å². The van der Waals surface area contributed by atoms with Gasteiger partial charge in [-0.3, -0.25) is 4.68 Å². The number of aromatic amines is 1. The molecule has 0 spiro atoms. The summed E-state index contributed by atoms with van der Waals surface area (Å²) in [7, 11) is 0. The standard InChI is InChI=1S/C33H38N8O2/c34-29-20-26(30-31(36-29)38-40-37-30)25(27-11-18-41(39-27)17-10-22-5-4-8-24(42)19-22)9-16-35-32-12-14-33(15-13-32,28(43)21-32)23-6-2-1-3-7-23/h1-8,11,18-20,25,28,35,42-43H,9-10,12-17,21H2,(H3,34,36,37,38,40)/t25?,28-,32?,33?/m1/s1. The lowest BCUT2D eigenvalue weighted by molar-refractivity contribution is -0.0496. The van der Waals surface area contributed by atoms with Gasteiger partial charge in [0.2, 0.25) is 5.65 Å². The van der Waals surface area contributed by atoms with Crippen LogP contribution in [-0.4, -0.2) is 58.6 Å². The number of aliphatic hydroxyl groups excluding tert-OH is 1. The average Bonchev–Trinajstić information content (AvgIpc) is 3.69. The zero-order valence-corrected chi connectivity index (χ0v) is 24.2. The number of fused-ring (bicyclic) bond motifs is 4. The molecule has 3 heterocycles. The summed E-state index contributed by atoms with van der Waals surface area (Å²) in [5.74, 6) is 0.590. The van der Waals surface area contributed by atoms with Gasteiger partial charge in [0, 0.05) is 29.6 Å². The van der Waals surface area contributed by atoms with E-state index >= 15 is 0 Å². The lowest BCUT2D eigenvalue weighted by atomic mass is 9.53. The van der Waals surface area contributed by atoms with E-state index in [-0.39, 0.29) is 28.7 Å². The van der Waals surface area contributed by atoms with Gasteiger partial charge in [0.1, 0.15) is 17.1 Å². The number of rotatable bonds is 10. The predicted octanol–water partition coefficient (Wildman–Crippen LogP) is 4.21. The number of hydrogen-bond donors (Lipinski definition) is 5. The highest BCUT2D eigenvalue weighted by Gasteiger charge is 2.54. The molecule has 0 radical (unpaired) electrons. The third-order valence-corrected chi connectivity index (χ3v) is 9.88. The van der Waals surface area contributed by atoms with Crippen LogP contribution in [0.3, 0.4) is 0 Å². The van der Waals surface area contributed by atoms with Crippen LogP contribution in [0.2, 0.25) is 0 Å². The van der Waals surface area contributed by atoms with Crippen LogP contribution in [0, 0.1) is 0 Å². The molecule has 222 valence electrons. The number of benzene rings is 2. The lowest BCUT2D eigenvalue weighted by Gasteiger charge is -2.57. The van der Waals surface area contributed by atoms with Crippen LogP contribution in [0.15, 0.2) is 72.9 Å². The van der Waals surface area contributed by atoms with Crippen molar-refractivity contribution in [3.8, 4) is 5.75 Å². The summed E-state index contributed by atoms with van der Waals surface area (Å²) in [5.41, 5.74) is 11.4. The second-order valence-corrected chi connectivity index (χ2v) is 12.3. The Hall–Kier alpha value is -4.28. The number of pyridine rings is 1. The Morgan fingerprint density at radius 3 is 2.65 bits per heavy atom. The molecule has 2 aromatic carbocycles. The van der Waals surface area contributed by atoms with E-state index in [1.807, 2.05) is 35.1 Å². The molecule has 0 amide bonds. The van der Waals surface area contributed by atoms with Gasteiger partial charge in [-0.1, -0.05) is 42.5 Å². The summed E-state index contributed by atoms with van der Waals surface area (Å²) >= 11 is 0. The van der Waals surface area contributed by atoms with Crippen molar-refractivity contribution >= 4 is 17.0 Å². The van der Waals surface area contributed by atoms with Crippen molar-refractivity contribution in [2.75, 3.05) is 12.3 Å². The Bertz CT molecular complexity index is 1710. The first-order valence-corrected chi connectivity index (χ1v) is 15.2. The van der Waals surface area contributed by atoms with Crippen molar-refractivity contribution in [3.05, 3.63) is 95.3 Å². The molecular weight excluding hydrogens is 540 g/mol. The zero-order chi connectivity index (χ0) is 29.4. The van der Waals surface area contributed by atoms with Gasteiger partial charge in [-0.05, 0) is 92.4 Å². The number of phenols is 1. The topological polar surface area (TPSA) is 151 Å². The largest absolute Gasteiger partial charge is 0.508 e. The second kappa shape index (κ2) is 11.1. The van der Waals surface area contributed by atoms with E-state index in [9.17, 15) is 10.2 Å². The number of aliphatic hydroxyl groups is 1. The number of anilines is 1. The highest BCUT2D eigenvalue weighted by Crippen LogP contribution is 2.53. The summed E-state index contributed by atoms with van der Waals surface area (Å²) in [4.78, 5) is 4.35. The molecule has 2 atom stereocenters. The number of phenolic OH excluding ortho intramolecular Hbond substituents is 1. The number of nitrogens with one attached hydrogen (secondary N) is 2. The Balaban J connectivity index is 1.09. The van der Waals surface area contributed by atoms with Crippen LogP contribution in [0.25, 0.3) is 11.2 Å². The summed E-state index contributed by atoms with van der Waals surface area (Å²) in [5, 5.41) is 41.4. The third-order valence-electron chi connectivity index (χ3n) is 9.88. The molecule has 0 saturated heterocycles. The molecule has 1 unspecified atom stereocenters. The number of nitrogen functional groups attached to an aromatic ring is 1. The molecule has 3 aromatic heterocycles. The molecule has 43 heavy (non-hydrogen) atoms. The fourth-order valence-electron chi connectivity index (χ4n) is 7.51. The van der Waals surface area contributed by atoms with Gasteiger partial charge in [0.15, 0.2) is 0 Å². The minimum absolute atomic E-state index is 0.0679. The van der Waals surface area contributed by atoms with E-state index < -0.39 is 0 Å². The SMILES string of the molecule is Nc1cc(C(CCNC23CCC(c4ccccc4)(CC2)[C@H](O)C3)c2ccn(CCc3cccc(O)c3)n2)c2n[nH]nc2n1. The summed E-state index contributed by atoms with van der Waals surface area (Å²) in [6.45, 7) is 1.45. The number of hydrogen-bond acceptors (Lipinski definition) is 8. The Labute approximate surface area is 250 Å². The van der Waals surface area contributed by atoms with Crippen LogP contribution in [0.4, 0.5) is 5.82 Å². The molecule has 0 aliphatic heterocycles. The van der Waals surface area contributed by atoms with Crippen molar-refractivity contribution in [1.29, 1.82) is 0 Å².